The molecular weight excluding hydrogens is 373 g/mol. The van der Waals surface area contributed by atoms with Crippen molar-refractivity contribution in [1.29, 1.82) is 0 Å². The van der Waals surface area contributed by atoms with Gasteiger partial charge in [-0.2, -0.15) is 0 Å². The van der Waals surface area contributed by atoms with Gasteiger partial charge in [0, 0.05) is 12.5 Å². The normalized spacial score (nSPS) is 31.9. The Bertz CT molecular complexity index is 889. The number of rotatable bonds is 5. The number of carbonyl (C=O) groups excluding carboxylic acids is 1. The van der Waals surface area contributed by atoms with Gasteiger partial charge in [-0.3, -0.25) is 4.79 Å². The quantitative estimate of drug-likeness (QED) is 0.672. The molecule has 0 spiro atoms. The Morgan fingerprint density at radius 2 is 1.75 bits per heavy atom. The number of thioether (sulfide) groups is 1. The van der Waals surface area contributed by atoms with Crippen LogP contribution in [0.15, 0.2) is 29.4 Å². The maximum Gasteiger partial charge on any atom is 0.191 e. The lowest BCUT2D eigenvalue weighted by molar-refractivity contribution is -0.142. The average molecular weight is 400 g/mol. The van der Waals surface area contributed by atoms with E-state index in [4.69, 9.17) is 0 Å². The fraction of sp³-hybridized carbons (Fsp3) is 0.591. The van der Waals surface area contributed by atoms with Gasteiger partial charge in [0.2, 0.25) is 0 Å². The highest BCUT2D eigenvalue weighted by atomic mass is 32.2. The largest absolute Gasteiger partial charge is 0.305 e. The van der Waals surface area contributed by atoms with E-state index in [2.05, 4.69) is 10.2 Å². The Balaban J connectivity index is 1.36. The van der Waals surface area contributed by atoms with Crippen LogP contribution in [0, 0.1) is 29.0 Å². The standard InChI is InChI=1S/C22H26FN3OS/c1-13(19(27)22-10-14-7-15(11-22)9-16(8-14)12-22)28-21-25-24-20(26(21)2)17-5-3-4-6-18(17)23/h3-6,13-16H,7-12H2,1-2H3. The molecule has 4 aliphatic carbocycles. The molecule has 1 unspecified atom stereocenters. The Hall–Kier alpha value is -1.69. The van der Waals surface area contributed by atoms with Gasteiger partial charge in [0.15, 0.2) is 16.8 Å². The summed E-state index contributed by atoms with van der Waals surface area (Å²) in [6, 6.07) is 6.59. The van der Waals surface area contributed by atoms with E-state index < -0.39 is 0 Å². The first-order valence-corrected chi connectivity index (χ1v) is 11.2. The third-order valence-corrected chi connectivity index (χ3v) is 8.30. The van der Waals surface area contributed by atoms with E-state index in [9.17, 15) is 9.18 Å². The van der Waals surface area contributed by atoms with Crippen LogP contribution < -0.4 is 0 Å². The molecule has 1 aromatic carbocycles. The summed E-state index contributed by atoms with van der Waals surface area (Å²) in [6.07, 6.45) is 7.27. The summed E-state index contributed by atoms with van der Waals surface area (Å²) in [5.74, 6) is 2.86. The zero-order valence-electron chi connectivity index (χ0n) is 16.4. The molecule has 6 rings (SSSR count). The topological polar surface area (TPSA) is 47.8 Å². The Morgan fingerprint density at radius 3 is 2.36 bits per heavy atom. The number of hydrogen-bond donors (Lipinski definition) is 0. The fourth-order valence-corrected chi connectivity index (χ4v) is 7.36. The summed E-state index contributed by atoms with van der Waals surface area (Å²) in [5.41, 5.74) is 0.332. The van der Waals surface area contributed by atoms with Gasteiger partial charge in [-0.15, -0.1) is 10.2 Å². The molecule has 0 amide bonds. The Kier molecular flexibility index (Phi) is 4.38. The molecule has 28 heavy (non-hydrogen) atoms. The molecule has 2 aromatic rings. The third-order valence-electron chi connectivity index (χ3n) is 7.16. The molecular formula is C22H26FN3OS. The third kappa shape index (κ3) is 2.92. The fourth-order valence-electron chi connectivity index (χ4n) is 6.35. The number of halogens is 1. The van der Waals surface area contributed by atoms with Crippen molar-refractivity contribution in [1.82, 2.24) is 14.8 Å². The lowest BCUT2D eigenvalue weighted by Gasteiger charge is -2.56. The summed E-state index contributed by atoms with van der Waals surface area (Å²) in [6.45, 7) is 2.00. The van der Waals surface area contributed by atoms with Gasteiger partial charge in [-0.1, -0.05) is 23.9 Å². The Morgan fingerprint density at radius 1 is 1.14 bits per heavy atom. The first-order chi connectivity index (χ1) is 13.4. The first-order valence-electron chi connectivity index (χ1n) is 10.3. The molecule has 4 nitrogen and oxygen atoms in total. The second-order valence-electron chi connectivity index (χ2n) is 9.17. The highest BCUT2D eigenvalue weighted by molar-refractivity contribution is 8.00. The predicted molar refractivity (Wildman–Crippen MR) is 107 cm³/mol. The van der Waals surface area contributed by atoms with E-state index in [0.29, 0.717) is 22.3 Å². The van der Waals surface area contributed by atoms with Gasteiger partial charge < -0.3 is 4.57 Å². The Labute approximate surface area is 169 Å². The van der Waals surface area contributed by atoms with Crippen LogP contribution in [0.2, 0.25) is 0 Å². The molecule has 0 saturated heterocycles. The summed E-state index contributed by atoms with van der Waals surface area (Å²) in [4.78, 5) is 13.5. The molecule has 4 aliphatic rings. The zero-order valence-corrected chi connectivity index (χ0v) is 17.2. The molecule has 0 N–H and O–H groups in total. The molecule has 0 aliphatic heterocycles. The minimum absolute atomic E-state index is 0.103. The molecule has 4 saturated carbocycles. The minimum Gasteiger partial charge on any atom is -0.305 e. The van der Waals surface area contributed by atoms with Crippen LogP contribution in [-0.4, -0.2) is 25.8 Å². The smallest absolute Gasteiger partial charge is 0.191 e. The van der Waals surface area contributed by atoms with Crippen LogP contribution in [0.25, 0.3) is 11.4 Å². The van der Waals surface area contributed by atoms with Crippen molar-refractivity contribution >= 4 is 17.5 Å². The lowest BCUT2D eigenvalue weighted by atomic mass is 9.48. The van der Waals surface area contributed by atoms with Crippen molar-refractivity contribution in [3.05, 3.63) is 30.1 Å². The summed E-state index contributed by atoms with van der Waals surface area (Å²) in [7, 11) is 1.84. The molecule has 1 aromatic heterocycles. The van der Waals surface area contributed by atoms with E-state index >= 15 is 0 Å². The van der Waals surface area contributed by atoms with Crippen molar-refractivity contribution in [2.24, 2.45) is 30.2 Å². The zero-order chi connectivity index (χ0) is 19.5. The molecule has 148 valence electrons. The molecule has 4 bridgehead atoms. The molecule has 0 radical (unpaired) electrons. The average Bonchev–Trinajstić information content (AvgIpc) is 3.00. The monoisotopic (exact) mass is 399 g/mol. The van der Waals surface area contributed by atoms with Crippen molar-refractivity contribution < 1.29 is 9.18 Å². The van der Waals surface area contributed by atoms with Crippen molar-refractivity contribution in [3.8, 4) is 11.4 Å². The van der Waals surface area contributed by atoms with Crippen LogP contribution in [-0.2, 0) is 11.8 Å². The maximum atomic E-state index is 14.1. The highest BCUT2D eigenvalue weighted by Crippen LogP contribution is 2.61. The SMILES string of the molecule is CC(Sc1nnc(-c2ccccc2F)n1C)C(=O)C12CC3CC(CC(C3)C1)C2. The van der Waals surface area contributed by atoms with Crippen molar-refractivity contribution in [2.45, 2.75) is 55.9 Å². The van der Waals surface area contributed by atoms with Crippen molar-refractivity contribution in [2.75, 3.05) is 0 Å². The molecule has 4 fully saturated rings. The molecule has 1 heterocycles. The van der Waals surface area contributed by atoms with Crippen LogP contribution in [0.5, 0.6) is 0 Å². The summed E-state index contributed by atoms with van der Waals surface area (Å²) >= 11 is 1.47. The van der Waals surface area contributed by atoms with Gasteiger partial charge in [-0.05, 0) is 75.3 Å². The number of benzene rings is 1. The van der Waals surface area contributed by atoms with E-state index in [-0.39, 0.29) is 16.5 Å². The number of carbonyl (C=O) groups is 1. The number of aromatic nitrogens is 3. The van der Waals surface area contributed by atoms with Gasteiger partial charge >= 0.3 is 0 Å². The number of Topliss-reactive ketones (excluding diaryl/α,β-unsaturated/α-hetero) is 1. The first kappa shape index (κ1) is 18.3. The van der Waals surface area contributed by atoms with E-state index in [0.717, 1.165) is 37.0 Å². The second-order valence-corrected chi connectivity index (χ2v) is 10.5. The van der Waals surface area contributed by atoms with E-state index in [1.807, 2.05) is 14.0 Å². The van der Waals surface area contributed by atoms with Crippen LogP contribution >= 0.6 is 11.8 Å². The lowest BCUT2D eigenvalue weighted by Crippen LogP contribution is -2.51. The maximum absolute atomic E-state index is 14.1. The molecule has 6 heteroatoms. The number of hydrogen-bond acceptors (Lipinski definition) is 4. The second kappa shape index (κ2) is 6.68. The van der Waals surface area contributed by atoms with E-state index in [1.54, 1.807) is 22.8 Å². The minimum atomic E-state index is -0.313. The predicted octanol–water partition coefficient (Wildman–Crippen LogP) is 4.89. The molecule has 1 atom stereocenters. The highest BCUT2D eigenvalue weighted by Gasteiger charge is 2.55. The summed E-state index contributed by atoms with van der Waals surface area (Å²) < 4.78 is 15.9. The van der Waals surface area contributed by atoms with Gasteiger partial charge in [-0.25, -0.2) is 4.39 Å². The van der Waals surface area contributed by atoms with Crippen LogP contribution in [0.3, 0.4) is 0 Å². The van der Waals surface area contributed by atoms with Gasteiger partial charge in [0.05, 0.1) is 10.8 Å². The van der Waals surface area contributed by atoms with Gasteiger partial charge in [0.25, 0.3) is 0 Å². The number of nitrogens with zero attached hydrogens (tertiary/aromatic N) is 3. The van der Waals surface area contributed by atoms with Crippen molar-refractivity contribution in [3.63, 3.8) is 0 Å². The summed E-state index contributed by atoms with van der Waals surface area (Å²) in [5, 5.41) is 8.96. The van der Waals surface area contributed by atoms with E-state index in [1.165, 1.54) is 37.1 Å². The number of ketones is 1. The van der Waals surface area contributed by atoms with Crippen LogP contribution in [0.1, 0.15) is 45.4 Å². The van der Waals surface area contributed by atoms with Crippen LogP contribution in [0.4, 0.5) is 4.39 Å². The van der Waals surface area contributed by atoms with Gasteiger partial charge in [0.1, 0.15) is 5.82 Å².